The van der Waals surface area contributed by atoms with E-state index in [4.69, 9.17) is 9.15 Å². The second kappa shape index (κ2) is 6.40. The fourth-order valence-electron chi connectivity index (χ4n) is 2.32. The van der Waals surface area contributed by atoms with Crippen LogP contribution >= 0.6 is 0 Å². The predicted molar refractivity (Wildman–Crippen MR) is 89.1 cm³/mol. The number of aryl methyl sites for hydroxylation is 2. The lowest BCUT2D eigenvalue weighted by molar-refractivity contribution is 0.102. The molecule has 0 saturated carbocycles. The van der Waals surface area contributed by atoms with Crippen molar-refractivity contribution in [2.45, 2.75) is 13.8 Å². The van der Waals surface area contributed by atoms with Crippen LogP contribution in [0.4, 0.5) is 5.69 Å². The smallest absolute Gasteiger partial charge is 0.259 e. The van der Waals surface area contributed by atoms with Crippen molar-refractivity contribution in [2.24, 2.45) is 0 Å². The van der Waals surface area contributed by atoms with Gasteiger partial charge in [-0.15, -0.1) is 0 Å². The number of furan rings is 1. The largest absolute Gasteiger partial charge is 0.466 e. The quantitative estimate of drug-likeness (QED) is 0.742. The highest BCUT2D eigenvalue weighted by Crippen LogP contribution is 2.24. The normalized spacial score (nSPS) is 10.3. The van der Waals surface area contributed by atoms with E-state index >= 15 is 0 Å². The van der Waals surface area contributed by atoms with E-state index in [9.17, 15) is 4.79 Å². The van der Waals surface area contributed by atoms with Gasteiger partial charge in [0.05, 0.1) is 5.56 Å². The van der Waals surface area contributed by atoms with E-state index in [1.54, 1.807) is 19.1 Å². The molecule has 4 nitrogen and oxygen atoms in total. The van der Waals surface area contributed by atoms with E-state index in [0.717, 1.165) is 5.75 Å². The maximum Gasteiger partial charge on any atom is 0.259 e. The van der Waals surface area contributed by atoms with Gasteiger partial charge in [0, 0.05) is 11.8 Å². The highest BCUT2D eigenvalue weighted by molar-refractivity contribution is 6.05. The molecule has 3 aromatic rings. The van der Waals surface area contributed by atoms with Crippen LogP contribution in [0.25, 0.3) is 0 Å². The second-order valence-corrected chi connectivity index (χ2v) is 5.22. The van der Waals surface area contributed by atoms with Crippen LogP contribution in [0.3, 0.4) is 0 Å². The first kappa shape index (κ1) is 14.9. The van der Waals surface area contributed by atoms with Crippen molar-refractivity contribution in [3.8, 4) is 11.5 Å². The first-order valence-corrected chi connectivity index (χ1v) is 7.33. The fourth-order valence-corrected chi connectivity index (χ4v) is 2.32. The van der Waals surface area contributed by atoms with Crippen molar-refractivity contribution in [1.82, 2.24) is 0 Å². The van der Waals surface area contributed by atoms with Gasteiger partial charge in [-0.2, -0.15) is 0 Å². The Kier molecular flexibility index (Phi) is 4.15. The molecule has 0 aliphatic heterocycles. The summed E-state index contributed by atoms with van der Waals surface area (Å²) < 4.78 is 11.2. The van der Waals surface area contributed by atoms with Crippen LogP contribution in [0.15, 0.2) is 65.1 Å². The summed E-state index contributed by atoms with van der Waals surface area (Å²) in [6.45, 7) is 3.59. The topological polar surface area (TPSA) is 51.5 Å². The van der Waals surface area contributed by atoms with Crippen LogP contribution < -0.4 is 10.1 Å². The first-order chi connectivity index (χ1) is 11.1. The molecule has 0 atom stereocenters. The summed E-state index contributed by atoms with van der Waals surface area (Å²) in [5.41, 5.74) is 1.21. The lowest BCUT2D eigenvalue weighted by Crippen LogP contribution is -2.12. The SMILES string of the molecule is Cc1cc(C(=O)Nc2cccc(Oc3ccccc3)c2)c(C)o1. The molecule has 1 heterocycles. The molecule has 0 fully saturated rings. The molecule has 0 bridgehead atoms. The summed E-state index contributed by atoms with van der Waals surface area (Å²) in [6, 6.07) is 18.5. The molecule has 3 rings (SSSR count). The summed E-state index contributed by atoms with van der Waals surface area (Å²) in [7, 11) is 0. The van der Waals surface area contributed by atoms with Crippen molar-refractivity contribution in [1.29, 1.82) is 0 Å². The molecule has 0 radical (unpaired) electrons. The Morgan fingerprint density at radius 1 is 0.957 bits per heavy atom. The average molecular weight is 307 g/mol. The van der Waals surface area contributed by atoms with Gasteiger partial charge in [-0.1, -0.05) is 24.3 Å². The number of nitrogens with one attached hydrogen (secondary N) is 1. The minimum Gasteiger partial charge on any atom is -0.466 e. The molecule has 0 spiro atoms. The number of para-hydroxylation sites is 1. The number of amides is 1. The third-order valence-electron chi connectivity index (χ3n) is 3.36. The van der Waals surface area contributed by atoms with E-state index in [-0.39, 0.29) is 5.91 Å². The second-order valence-electron chi connectivity index (χ2n) is 5.22. The Bertz CT molecular complexity index is 822. The van der Waals surface area contributed by atoms with Gasteiger partial charge in [-0.25, -0.2) is 0 Å². The van der Waals surface area contributed by atoms with Crippen molar-refractivity contribution < 1.29 is 13.9 Å². The molecule has 0 saturated heterocycles. The summed E-state index contributed by atoms with van der Waals surface area (Å²) in [5, 5.41) is 2.86. The Morgan fingerprint density at radius 2 is 1.70 bits per heavy atom. The summed E-state index contributed by atoms with van der Waals surface area (Å²) >= 11 is 0. The monoisotopic (exact) mass is 307 g/mol. The fraction of sp³-hybridized carbons (Fsp3) is 0.105. The minimum atomic E-state index is -0.198. The molecule has 4 heteroatoms. The van der Waals surface area contributed by atoms with E-state index in [2.05, 4.69) is 5.32 Å². The number of carbonyl (C=O) groups excluding carboxylic acids is 1. The Labute approximate surface area is 134 Å². The third kappa shape index (κ3) is 3.61. The zero-order valence-corrected chi connectivity index (χ0v) is 13.0. The summed E-state index contributed by atoms with van der Waals surface area (Å²) in [4.78, 5) is 12.3. The number of carbonyl (C=O) groups is 1. The van der Waals surface area contributed by atoms with E-state index in [1.807, 2.05) is 55.5 Å². The van der Waals surface area contributed by atoms with Gasteiger partial charge in [-0.3, -0.25) is 4.79 Å². The van der Waals surface area contributed by atoms with Crippen LogP contribution in [-0.4, -0.2) is 5.91 Å². The molecular formula is C19H17NO3. The van der Waals surface area contributed by atoms with Gasteiger partial charge in [0.25, 0.3) is 5.91 Å². The van der Waals surface area contributed by atoms with Gasteiger partial charge in [0.2, 0.25) is 0 Å². The third-order valence-corrected chi connectivity index (χ3v) is 3.36. The van der Waals surface area contributed by atoms with Gasteiger partial charge in [0.15, 0.2) is 0 Å². The molecular weight excluding hydrogens is 290 g/mol. The Balaban J connectivity index is 1.75. The molecule has 1 N–H and O–H groups in total. The lowest BCUT2D eigenvalue weighted by atomic mass is 10.2. The molecule has 23 heavy (non-hydrogen) atoms. The number of hydrogen-bond donors (Lipinski definition) is 1. The number of anilines is 1. The number of benzene rings is 2. The van der Waals surface area contributed by atoms with Gasteiger partial charge < -0.3 is 14.5 Å². The molecule has 0 aliphatic rings. The maximum atomic E-state index is 12.3. The standard InChI is InChI=1S/C19H17NO3/c1-13-11-18(14(2)22-13)19(21)20-15-7-6-10-17(12-15)23-16-8-4-3-5-9-16/h3-12H,1-2H3,(H,20,21). The predicted octanol–water partition coefficient (Wildman–Crippen LogP) is 4.94. The highest BCUT2D eigenvalue weighted by atomic mass is 16.5. The van der Waals surface area contributed by atoms with Crippen molar-refractivity contribution in [3.05, 3.63) is 77.7 Å². The summed E-state index contributed by atoms with van der Waals surface area (Å²) in [6.07, 6.45) is 0. The average Bonchev–Trinajstić information content (AvgIpc) is 2.87. The molecule has 0 unspecified atom stereocenters. The summed E-state index contributed by atoms with van der Waals surface area (Å²) in [5.74, 6) is 2.54. The molecule has 116 valence electrons. The highest BCUT2D eigenvalue weighted by Gasteiger charge is 2.13. The first-order valence-electron chi connectivity index (χ1n) is 7.33. The Hall–Kier alpha value is -3.01. The van der Waals surface area contributed by atoms with Crippen LogP contribution in [0.1, 0.15) is 21.9 Å². The maximum absolute atomic E-state index is 12.3. The van der Waals surface area contributed by atoms with E-state index < -0.39 is 0 Å². The number of ether oxygens (including phenoxy) is 1. The molecule has 1 aromatic heterocycles. The van der Waals surface area contributed by atoms with Crippen molar-refractivity contribution in [3.63, 3.8) is 0 Å². The van der Waals surface area contributed by atoms with Crippen molar-refractivity contribution >= 4 is 11.6 Å². The van der Waals surface area contributed by atoms with Gasteiger partial charge >= 0.3 is 0 Å². The van der Waals surface area contributed by atoms with E-state index in [0.29, 0.717) is 28.5 Å². The van der Waals surface area contributed by atoms with Crippen LogP contribution in [0.2, 0.25) is 0 Å². The Morgan fingerprint density at radius 3 is 2.39 bits per heavy atom. The number of hydrogen-bond acceptors (Lipinski definition) is 3. The molecule has 1 amide bonds. The van der Waals surface area contributed by atoms with Crippen LogP contribution in [0, 0.1) is 13.8 Å². The molecule has 0 aliphatic carbocycles. The molecule has 2 aromatic carbocycles. The van der Waals surface area contributed by atoms with Crippen LogP contribution in [0.5, 0.6) is 11.5 Å². The zero-order chi connectivity index (χ0) is 16.2. The van der Waals surface area contributed by atoms with Crippen LogP contribution in [-0.2, 0) is 0 Å². The minimum absolute atomic E-state index is 0.198. The van der Waals surface area contributed by atoms with Gasteiger partial charge in [-0.05, 0) is 44.2 Å². The lowest BCUT2D eigenvalue weighted by Gasteiger charge is -2.08. The zero-order valence-electron chi connectivity index (χ0n) is 13.0. The van der Waals surface area contributed by atoms with Crippen molar-refractivity contribution in [2.75, 3.05) is 5.32 Å². The van der Waals surface area contributed by atoms with Gasteiger partial charge in [0.1, 0.15) is 23.0 Å². The van der Waals surface area contributed by atoms with E-state index in [1.165, 1.54) is 0 Å². The number of rotatable bonds is 4.